The fourth-order valence-corrected chi connectivity index (χ4v) is 1.90. The Balaban J connectivity index is 3.02. The van der Waals surface area contributed by atoms with Crippen molar-refractivity contribution in [2.45, 2.75) is 26.8 Å². The van der Waals surface area contributed by atoms with Crippen LogP contribution in [-0.2, 0) is 0 Å². The largest absolute Gasteiger partial charge is 0.355 e. The molecule has 1 heterocycles. The molecule has 0 saturated heterocycles. The molecule has 4 heteroatoms. The molecule has 4 nitrogen and oxygen atoms in total. The van der Waals surface area contributed by atoms with Crippen LogP contribution in [0.5, 0.6) is 0 Å². The van der Waals surface area contributed by atoms with Gasteiger partial charge in [-0.15, -0.1) is 0 Å². The van der Waals surface area contributed by atoms with Gasteiger partial charge in [0.05, 0.1) is 12.0 Å². The van der Waals surface area contributed by atoms with Crippen molar-refractivity contribution < 1.29 is 0 Å². The summed E-state index contributed by atoms with van der Waals surface area (Å²) in [6, 6.07) is 6.57. The number of pyridine rings is 1. The van der Waals surface area contributed by atoms with Gasteiger partial charge in [-0.2, -0.15) is 5.26 Å². The molecule has 0 saturated carbocycles. The van der Waals surface area contributed by atoms with Gasteiger partial charge in [0, 0.05) is 30.9 Å². The fraction of sp³-hybridized carbons (Fsp3) is 0.571. The van der Waals surface area contributed by atoms with E-state index in [2.05, 4.69) is 41.2 Å². The van der Waals surface area contributed by atoms with Gasteiger partial charge in [0.1, 0.15) is 5.82 Å². The topological polar surface area (TPSA) is 52.0 Å². The Kier molecular flexibility index (Phi) is 5.60. The van der Waals surface area contributed by atoms with Crippen molar-refractivity contribution in [2.24, 2.45) is 5.92 Å². The average molecular weight is 246 g/mol. The summed E-state index contributed by atoms with van der Waals surface area (Å²) in [5, 5.41) is 12.2. The average Bonchev–Trinajstić information content (AvgIpc) is 2.43. The summed E-state index contributed by atoms with van der Waals surface area (Å²) in [4.78, 5) is 6.65. The first-order chi connectivity index (χ1) is 8.63. The summed E-state index contributed by atoms with van der Waals surface area (Å²) in [6.07, 6.45) is 1.81. The monoisotopic (exact) mass is 246 g/mol. The van der Waals surface area contributed by atoms with Gasteiger partial charge in [-0.05, 0) is 33.9 Å². The Hall–Kier alpha value is -1.60. The first kappa shape index (κ1) is 14.5. The van der Waals surface area contributed by atoms with Gasteiger partial charge in [-0.3, -0.25) is 0 Å². The molecule has 18 heavy (non-hydrogen) atoms. The molecule has 0 amide bonds. The highest BCUT2D eigenvalue weighted by Gasteiger charge is 2.16. The van der Waals surface area contributed by atoms with Crippen molar-refractivity contribution in [1.29, 1.82) is 5.26 Å². The Morgan fingerprint density at radius 2 is 2.22 bits per heavy atom. The standard InChI is InChI=1S/C14H22N4/c1-5-18(10-11(2)9-15)14-13(12(3)16-4)7-6-8-17-14/h6-8,11-12,16H,5,10H2,1-4H3. The third kappa shape index (κ3) is 3.44. The zero-order valence-corrected chi connectivity index (χ0v) is 11.6. The van der Waals surface area contributed by atoms with Crippen LogP contribution in [0.1, 0.15) is 32.4 Å². The van der Waals surface area contributed by atoms with Crippen molar-refractivity contribution in [2.75, 3.05) is 25.0 Å². The second-order valence-corrected chi connectivity index (χ2v) is 4.50. The molecule has 0 spiro atoms. The van der Waals surface area contributed by atoms with Crippen LogP contribution in [0.25, 0.3) is 0 Å². The van der Waals surface area contributed by atoms with Gasteiger partial charge < -0.3 is 10.2 Å². The molecule has 0 aliphatic rings. The van der Waals surface area contributed by atoms with Gasteiger partial charge in [0.25, 0.3) is 0 Å². The highest BCUT2D eigenvalue weighted by atomic mass is 15.2. The minimum atomic E-state index is 0.00435. The van der Waals surface area contributed by atoms with Crippen LogP contribution < -0.4 is 10.2 Å². The summed E-state index contributed by atoms with van der Waals surface area (Å²) >= 11 is 0. The molecule has 0 aromatic carbocycles. The number of nitriles is 1. The molecule has 1 N–H and O–H groups in total. The number of anilines is 1. The Bertz CT molecular complexity index is 411. The number of nitrogens with one attached hydrogen (secondary N) is 1. The lowest BCUT2D eigenvalue weighted by molar-refractivity contribution is 0.631. The maximum absolute atomic E-state index is 8.94. The Morgan fingerprint density at radius 1 is 1.50 bits per heavy atom. The van der Waals surface area contributed by atoms with Crippen LogP contribution in [0.4, 0.5) is 5.82 Å². The van der Waals surface area contributed by atoms with E-state index >= 15 is 0 Å². The SMILES string of the molecule is CCN(CC(C)C#N)c1ncccc1C(C)NC. The summed E-state index contributed by atoms with van der Waals surface area (Å²) in [5.41, 5.74) is 1.17. The number of nitrogens with zero attached hydrogens (tertiary/aromatic N) is 3. The van der Waals surface area contributed by atoms with E-state index < -0.39 is 0 Å². The van der Waals surface area contributed by atoms with E-state index in [9.17, 15) is 0 Å². The molecule has 2 atom stereocenters. The van der Waals surface area contributed by atoms with E-state index in [-0.39, 0.29) is 12.0 Å². The van der Waals surface area contributed by atoms with E-state index in [0.29, 0.717) is 6.54 Å². The lowest BCUT2D eigenvalue weighted by Crippen LogP contribution is -2.30. The van der Waals surface area contributed by atoms with Crippen molar-refractivity contribution in [3.05, 3.63) is 23.9 Å². The quantitative estimate of drug-likeness (QED) is 0.837. The van der Waals surface area contributed by atoms with E-state index in [0.717, 1.165) is 12.4 Å². The molecule has 98 valence electrons. The van der Waals surface area contributed by atoms with Gasteiger partial charge in [0.15, 0.2) is 0 Å². The zero-order chi connectivity index (χ0) is 13.5. The summed E-state index contributed by atoms with van der Waals surface area (Å²) in [6.45, 7) is 7.71. The molecule has 2 unspecified atom stereocenters. The number of hydrogen-bond acceptors (Lipinski definition) is 4. The van der Waals surface area contributed by atoms with E-state index in [1.165, 1.54) is 5.56 Å². The van der Waals surface area contributed by atoms with Crippen LogP contribution in [0.2, 0.25) is 0 Å². The summed E-state index contributed by atoms with van der Waals surface area (Å²) < 4.78 is 0. The Morgan fingerprint density at radius 3 is 2.78 bits per heavy atom. The van der Waals surface area contributed by atoms with Gasteiger partial charge in [-0.25, -0.2) is 4.98 Å². The number of hydrogen-bond donors (Lipinski definition) is 1. The summed E-state index contributed by atoms with van der Waals surface area (Å²) in [5.74, 6) is 0.980. The fourth-order valence-electron chi connectivity index (χ4n) is 1.90. The van der Waals surface area contributed by atoms with E-state index in [4.69, 9.17) is 5.26 Å². The molecule has 1 rings (SSSR count). The molecule has 0 aliphatic carbocycles. The van der Waals surface area contributed by atoms with Crippen molar-refractivity contribution in [3.8, 4) is 6.07 Å². The lowest BCUT2D eigenvalue weighted by atomic mass is 10.1. The molecular weight excluding hydrogens is 224 g/mol. The molecule has 0 radical (unpaired) electrons. The van der Waals surface area contributed by atoms with Crippen LogP contribution in [-0.4, -0.2) is 25.1 Å². The van der Waals surface area contributed by atoms with Crippen molar-refractivity contribution in [3.63, 3.8) is 0 Å². The number of aromatic nitrogens is 1. The predicted octanol–water partition coefficient (Wildman–Crippen LogP) is 2.35. The minimum Gasteiger partial charge on any atom is -0.355 e. The molecule has 0 aliphatic heterocycles. The van der Waals surface area contributed by atoms with Crippen LogP contribution >= 0.6 is 0 Å². The maximum atomic E-state index is 8.94. The van der Waals surface area contributed by atoms with Crippen LogP contribution in [0, 0.1) is 17.2 Å². The van der Waals surface area contributed by atoms with Crippen molar-refractivity contribution in [1.82, 2.24) is 10.3 Å². The first-order valence-corrected chi connectivity index (χ1v) is 6.40. The third-order valence-corrected chi connectivity index (χ3v) is 3.11. The van der Waals surface area contributed by atoms with Gasteiger partial charge >= 0.3 is 0 Å². The number of rotatable bonds is 6. The summed E-state index contributed by atoms with van der Waals surface area (Å²) in [7, 11) is 1.94. The molecule has 0 bridgehead atoms. The van der Waals surface area contributed by atoms with Crippen LogP contribution in [0.3, 0.4) is 0 Å². The molecule has 1 aromatic heterocycles. The third-order valence-electron chi connectivity index (χ3n) is 3.11. The highest BCUT2D eigenvalue weighted by Crippen LogP contribution is 2.24. The molecular formula is C14H22N4. The normalized spacial score (nSPS) is 13.7. The lowest BCUT2D eigenvalue weighted by Gasteiger charge is -2.27. The minimum absolute atomic E-state index is 0.00435. The van der Waals surface area contributed by atoms with Gasteiger partial charge in [-0.1, -0.05) is 6.07 Å². The predicted molar refractivity (Wildman–Crippen MR) is 74.4 cm³/mol. The molecule has 1 aromatic rings. The molecule has 0 fully saturated rings. The van der Waals surface area contributed by atoms with E-state index in [1.54, 1.807) is 6.20 Å². The second-order valence-electron chi connectivity index (χ2n) is 4.50. The second kappa shape index (κ2) is 6.97. The van der Waals surface area contributed by atoms with Crippen LogP contribution in [0.15, 0.2) is 18.3 Å². The zero-order valence-electron chi connectivity index (χ0n) is 11.6. The highest BCUT2D eigenvalue weighted by molar-refractivity contribution is 5.48. The first-order valence-electron chi connectivity index (χ1n) is 6.40. The van der Waals surface area contributed by atoms with E-state index in [1.807, 2.05) is 20.0 Å². The van der Waals surface area contributed by atoms with Crippen molar-refractivity contribution >= 4 is 5.82 Å². The maximum Gasteiger partial charge on any atom is 0.133 e. The Labute approximate surface area is 110 Å². The smallest absolute Gasteiger partial charge is 0.133 e. The van der Waals surface area contributed by atoms with Gasteiger partial charge in [0.2, 0.25) is 0 Å².